The number of hydrogen-bond acceptors (Lipinski definition) is 3. The van der Waals surface area contributed by atoms with Crippen molar-refractivity contribution < 1.29 is 4.79 Å². The molecule has 0 aliphatic heterocycles. The fourth-order valence-corrected chi connectivity index (χ4v) is 2.18. The Bertz CT molecular complexity index is 333. The lowest BCUT2D eigenvalue weighted by Gasteiger charge is -2.12. The number of hydrogen-bond donors (Lipinski definition) is 0. The summed E-state index contributed by atoms with van der Waals surface area (Å²) in [5.41, 5.74) is 1.07. The highest BCUT2D eigenvalue weighted by Gasteiger charge is 2.12. The van der Waals surface area contributed by atoms with Crippen molar-refractivity contribution in [2.75, 3.05) is 14.1 Å². The van der Waals surface area contributed by atoms with E-state index in [1.807, 2.05) is 6.92 Å². The molecule has 0 radical (unpaired) electrons. The van der Waals surface area contributed by atoms with Crippen LogP contribution in [-0.4, -0.2) is 29.9 Å². The van der Waals surface area contributed by atoms with Crippen molar-refractivity contribution in [1.82, 2.24) is 9.88 Å². The minimum atomic E-state index is 0.190. The molecule has 0 aliphatic carbocycles. The SMILES string of the molecule is Cc1csc(C(C)CCC(=O)N(C)C)n1. The van der Waals surface area contributed by atoms with Gasteiger partial charge in [0.1, 0.15) is 0 Å². The number of nitrogens with zero attached hydrogens (tertiary/aromatic N) is 2. The van der Waals surface area contributed by atoms with Crippen LogP contribution in [0.5, 0.6) is 0 Å². The van der Waals surface area contributed by atoms with Crippen molar-refractivity contribution in [3.63, 3.8) is 0 Å². The Hall–Kier alpha value is -0.900. The summed E-state index contributed by atoms with van der Waals surface area (Å²) >= 11 is 1.68. The number of carbonyl (C=O) groups is 1. The molecule has 1 aromatic heterocycles. The topological polar surface area (TPSA) is 33.2 Å². The quantitative estimate of drug-likeness (QED) is 0.790. The van der Waals surface area contributed by atoms with Crippen LogP contribution in [0, 0.1) is 6.92 Å². The van der Waals surface area contributed by atoms with Crippen LogP contribution in [0.4, 0.5) is 0 Å². The lowest BCUT2D eigenvalue weighted by molar-refractivity contribution is -0.128. The third-order valence-electron chi connectivity index (χ3n) is 2.35. The van der Waals surface area contributed by atoms with Crippen LogP contribution < -0.4 is 0 Å². The molecule has 15 heavy (non-hydrogen) atoms. The third kappa shape index (κ3) is 3.63. The third-order valence-corrected chi connectivity index (χ3v) is 3.54. The maximum atomic E-state index is 11.4. The van der Waals surface area contributed by atoms with Crippen molar-refractivity contribution in [1.29, 1.82) is 0 Å². The van der Waals surface area contributed by atoms with E-state index in [1.54, 1.807) is 30.3 Å². The lowest BCUT2D eigenvalue weighted by atomic mass is 10.1. The first-order valence-electron chi connectivity index (χ1n) is 5.13. The molecule has 1 aromatic rings. The molecule has 1 atom stereocenters. The molecule has 1 rings (SSSR count). The van der Waals surface area contributed by atoms with Gasteiger partial charge in [-0.1, -0.05) is 6.92 Å². The Morgan fingerprint density at radius 2 is 2.27 bits per heavy atom. The van der Waals surface area contributed by atoms with Crippen molar-refractivity contribution in [2.45, 2.75) is 32.6 Å². The predicted octanol–water partition coefficient (Wildman–Crippen LogP) is 2.42. The van der Waals surface area contributed by atoms with E-state index in [1.165, 1.54) is 0 Å². The largest absolute Gasteiger partial charge is 0.349 e. The van der Waals surface area contributed by atoms with E-state index in [-0.39, 0.29) is 5.91 Å². The van der Waals surface area contributed by atoms with Crippen molar-refractivity contribution in [3.8, 4) is 0 Å². The summed E-state index contributed by atoms with van der Waals surface area (Å²) in [5.74, 6) is 0.572. The smallest absolute Gasteiger partial charge is 0.222 e. The number of thiazole rings is 1. The molecule has 0 bridgehead atoms. The lowest BCUT2D eigenvalue weighted by Crippen LogP contribution is -2.21. The van der Waals surface area contributed by atoms with Crippen LogP contribution >= 0.6 is 11.3 Å². The summed E-state index contributed by atoms with van der Waals surface area (Å²) in [6.07, 6.45) is 1.48. The Morgan fingerprint density at radius 1 is 1.60 bits per heavy atom. The summed E-state index contributed by atoms with van der Waals surface area (Å²) in [6.45, 7) is 4.12. The number of aryl methyl sites for hydroxylation is 1. The molecule has 0 N–H and O–H groups in total. The van der Waals surface area contributed by atoms with Crippen LogP contribution in [0.25, 0.3) is 0 Å². The van der Waals surface area contributed by atoms with E-state index in [0.717, 1.165) is 17.1 Å². The zero-order valence-electron chi connectivity index (χ0n) is 9.78. The van der Waals surface area contributed by atoms with Crippen LogP contribution in [0.15, 0.2) is 5.38 Å². The monoisotopic (exact) mass is 226 g/mol. The molecule has 0 aliphatic rings. The molecule has 4 heteroatoms. The van der Waals surface area contributed by atoms with Gasteiger partial charge in [-0.2, -0.15) is 0 Å². The molecule has 0 saturated carbocycles. The van der Waals surface area contributed by atoms with Crippen LogP contribution in [0.1, 0.15) is 36.4 Å². The van der Waals surface area contributed by atoms with Crippen LogP contribution in [-0.2, 0) is 4.79 Å². The number of rotatable bonds is 4. The van der Waals surface area contributed by atoms with Gasteiger partial charge in [0.05, 0.1) is 5.01 Å². The van der Waals surface area contributed by atoms with Gasteiger partial charge < -0.3 is 4.90 Å². The summed E-state index contributed by atoms with van der Waals surface area (Å²) in [6, 6.07) is 0. The average Bonchev–Trinajstić information content (AvgIpc) is 2.60. The second-order valence-electron chi connectivity index (χ2n) is 4.06. The molecule has 1 heterocycles. The second kappa shape index (κ2) is 5.26. The molecular weight excluding hydrogens is 208 g/mol. The average molecular weight is 226 g/mol. The summed E-state index contributed by atoms with van der Waals surface area (Å²) in [7, 11) is 3.58. The molecule has 3 nitrogen and oxygen atoms in total. The number of amides is 1. The Kier molecular flexibility index (Phi) is 4.27. The molecule has 84 valence electrons. The first-order chi connectivity index (χ1) is 7.00. The van der Waals surface area contributed by atoms with Gasteiger partial charge in [-0.15, -0.1) is 11.3 Å². The standard InChI is InChI=1S/C11H18N2OS/c1-8(5-6-10(14)13(3)4)11-12-9(2)7-15-11/h7-8H,5-6H2,1-4H3. The highest BCUT2D eigenvalue weighted by Crippen LogP contribution is 2.23. The van der Waals surface area contributed by atoms with E-state index in [4.69, 9.17) is 0 Å². The second-order valence-corrected chi connectivity index (χ2v) is 4.94. The van der Waals surface area contributed by atoms with Gasteiger partial charge in [-0.3, -0.25) is 4.79 Å². The summed E-state index contributed by atoms with van der Waals surface area (Å²) in [4.78, 5) is 17.5. The molecule has 1 unspecified atom stereocenters. The van der Waals surface area contributed by atoms with Gasteiger partial charge >= 0.3 is 0 Å². The van der Waals surface area contributed by atoms with Gasteiger partial charge in [0.25, 0.3) is 0 Å². The first-order valence-corrected chi connectivity index (χ1v) is 6.01. The van der Waals surface area contributed by atoms with E-state index in [2.05, 4.69) is 17.3 Å². The van der Waals surface area contributed by atoms with Gasteiger partial charge in [0.2, 0.25) is 5.91 Å². The highest BCUT2D eigenvalue weighted by atomic mass is 32.1. The predicted molar refractivity (Wildman–Crippen MR) is 63.2 cm³/mol. The van der Waals surface area contributed by atoms with E-state index >= 15 is 0 Å². The number of aromatic nitrogens is 1. The minimum absolute atomic E-state index is 0.190. The molecular formula is C11H18N2OS. The van der Waals surface area contributed by atoms with Gasteiger partial charge in [-0.05, 0) is 13.3 Å². The minimum Gasteiger partial charge on any atom is -0.349 e. The maximum Gasteiger partial charge on any atom is 0.222 e. The summed E-state index contributed by atoms with van der Waals surface area (Å²) in [5, 5.41) is 3.19. The van der Waals surface area contributed by atoms with Crippen molar-refractivity contribution in [2.24, 2.45) is 0 Å². The van der Waals surface area contributed by atoms with Crippen LogP contribution in [0.2, 0.25) is 0 Å². The van der Waals surface area contributed by atoms with Gasteiger partial charge in [0.15, 0.2) is 0 Å². The van der Waals surface area contributed by atoms with Gasteiger partial charge in [-0.25, -0.2) is 4.98 Å². The Balaban J connectivity index is 2.43. The molecule has 0 fully saturated rings. The molecule has 1 amide bonds. The van der Waals surface area contributed by atoms with E-state index < -0.39 is 0 Å². The Labute approximate surface area is 95.1 Å². The van der Waals surface area contributed by atoms with Gasteiger partial charge in [0, 0.05) is 37.5 Å². The zero-order chi connectivity index (χ0) is 11.4. The first kappa shape index (κ1) is 12.2. The molecule has 0 spiro atoms. The molecule has 0 aromatic carbocycles. The highest BCUT2D eigenvalue weighted by molar-refractivity contribution is 7.09. The normalized spacial score (nSPS) is 12.5. The summed E-state index contributed by atoms with van der Waals surface area (Å²) < 4.78 is 0. The zero-order valence-corrected chi connectivity index (χ0v) is 10.6. The van der Waals surface area contributed by atoms with Crippen LogP contribution in [0.3, 0.4) is 0 Å². The Morgan fingerprint density at radius 3 is 2.73 bits per heavy atom. The molecule has 0 saturated heterocycles. The number of carbonyl (C=O) groups excluding carboxylic acids is 1. The fraction of sp³-hybridized carbons (Fsp3) is 0.636. The maximum absolute atomic E-state index is 11.4. The van der Waals surface area contributed by atoms with Crippen molar-refractivity contribution in [3.05, 3.63) is 16.1 Å². The van der Waals surface area contributed by atoms with E-state index in [0.29, 0.717) is 12.3 Å². The van der Waals surface area contributed by atoms with Crippen molar-refractivity contribution >= 4 is 17.2 Å². The van der Waals surface area contributed by atoms with E-state index in [9.17, 15) is 4.79 Å². The fourth-order valence-electron chi connectivity index (χ4n) is 1.29.